The van der Waals surface area contributed by atoms with Gasteiger partial charge in [0.15, 0.2) is 0 Å². The molecule has 26 heavy (non-hydrogen) atoms. The molecule has 2 aliphatic rings. The first-order valence-electron chi connectivity index (χ1n) is 8.41. The molecule has 1 amide bonds. The number of rotatable bonds is 2. The van der Waals surface area contributed by atoms with Crippen molar-refractivity contribution in [3.63, 3.8) is 0 Å². The summed E-state index contributed by atoms with van der Waals surface area (Å²) in [6, 6.07) is 4.54. The molecule has 1 aromatic heterocycles. The number of amides is 1. The molecule has 5 nitrogen and oxygen atoms in total. The van der Waals surface area contributed by atoms with E-state index in [1.54, 1.807) is 6.92 Å². The fourth-order valence-electron chi connectivity index (χ4n) is 3.30. The average molecular weight is 362 g/mol. The summed E-state index contributed by atoms with van der Waals surface area (Å²) in [4.78, 5) is 25.3. The van der Waals surface area contributed by atoms with Crippen LogP contribution >= 0.6 is 0 Å². The molecule has 136 valence electrons. The average Bonchev–Trinajstić information content (AvgIpc) is 2.95. The Morgan fingerprint density at radius 3 is 2.58 bits per heavy atom. The second kappa shape index (κ2) is 5.96. The molecule has 0 bridgehead atoms. The molecule has 3 heterocycles. The molecule has 2 aliphatic heterocycles. The van der Waals surface area contributed by atoms with E-state index in [1.165, 1.54) is 17.0 Å². The van der Waals surface area contributed by atoms with E-state index >= 15 is 0 Å². The Balaban J connectivity index is 1.61. The van der Waals surface area contributed by atoms with Crippen LogP contribution in [0.5, 0.6) is 0 Å². The topological polar surface area (TPSA) is 49.3 Å². The minimum atomic E-state index is -4.47. The number of hydrogen-bond acceptors (Lipinski definition) is 4. The quantitative estimate of drug-likeness (QED) is 0.823. The molecule has 8 heteroatoms. The molecule has 0 saturated carbocycles. The van der Waals surface area contributed by atoms with Crippen molar-refractivity contribution in [1.29, 1.82) is 0 Å². The number of anilines is 1. The van der Waals surface area contributed by atoms with Crippen LogP contribution in [0.1, 0.15) is 39.4 Å². The van der Waals surface area contributed by atoms with Crippen LogP contribution in [0.25, 0.3) is 0 Å². The number of carbonyl (C=O) groups excluding carboxylic acids is 1. The van der Waals surface area contributed by atoms with Crippen molar-refractivity contribution < 1.29 is 18.0 Å². The standard InChI is InChI=1S/C18H17F3N4O/c1-11-22-15-10-25(9-14(15)16(23-11)24-6-3-7-24)17(26)12-4-2-5-13(8-12)18(19,20)21/h2,4-5,8H,3,6-7,9-10H2,1H3. The molecule has 1 fully saturated rings. The van der Waals surface area contributed by atoms with Gasteiger partial charge in [0.05, 0.1) is 24.3 Å². The summed E-state index contributed by atoms with van der Waals surface area (Å²) in [7, 11) is 0. The van der Waals surface area contributed by atoms with Gasteiger partial charge in [-0.3, -0.25) is 4.79 Å². The number of carbonyl (C=O) groups is 1. The van der Waals surface area contributed by atoms with E-state index < -0.39 is 17.6 Å². The summed E-state index contributed by atoms with van der Waals surface area (Å²) in [6.45, 7) is 4.25. The molecule has 4 rings (SSSR count). The molecule has 0 spiro atoms. The fourth-order valence-corrected chi connectivity index (χ4v) is 3.30. The number of alkyl halides is 3. The molecule has 1 saturated heterocycles. The molecular formula is C18H17F3N4O. The first-order chi connectivity index (χ1) is 12.3. The Morgan fingerprint density at radius 2 is 1.92 bits per heavy atom. The molecule has 0 unspecified atom stereocenters. The van der Waals surface area contributed by atoms with E-state index in [9.17, 15) is 18.0 Å². The minimum absolute atomic E-state index is 0.0304. The maximum Gasteiger partial charge on any atom is 0.416 e. The number of nitrogens with zero attached hydrogens (tertiary/aromatic N) is 4. The Hall–Kier alpha value is -2.64. The van der Waals surface area contributed by atoms with Crippen molar-refractivity contribution in [3.05, 3.63) is 52.5 Å². The monoisotopic (exact) mass is 362 g/mol. The van der Waals surface area contributed by atoms with Crippen molar-refractivity contribution in [2.45, 2.75) is 32.6 Å². The predicted octanol–water partition coefficient (Wildman–Crippen LogP) is 3.17. The van der Waals surface area contributed by atoms with Crippen LogP contribution in [0.2, 0.25) is 0 Å². The number of aromatic nitrogens is 2. The van der Waals surface area contributed by atoms with Gasteiger partial charge < -0.3 is 9.80 Å². The zero-order valence-electron chi connectivity index (χ0n) is 14.2. The number of benzene rings is 1. The van der Waals surface area contributed by atoms with E-state index in [0.29, 0.717) is 12.4 Å². The molecule has 0 aliphatic carbocycles. The zero-order chi connectivity index (χ0) is 18.5. The minimum Gasteiger partial charge on any atom is -0.356 e. The van der Waals surface area contributed by atoms with Gasteiger partial charge in [0, 0.05) is 24.2 Å². The van der Waals surface area contributed by atoms with Crippen LogP contribution in [-0.4, -0.2) is 33.9 Å². The highest BCUT2D eigenvalue weighted by Gasteiger charge is 2.34. The van der Waals surface area contributed by atoms with Crippen molar-refractivity contribution in [2.75, 3.05) is 18.0 Å². The van der Waals surface area contributed by atoms with Gasteiger partial charge in [-0.1, -0.05) is 6.07 Å². The highest BCUT2D eigenvalue weighted by atomic mass is 19.4. The second-order valence-electron chi connectivity index (χ2n) is 6.60. The Morgan fingerprint density at radius 1 is 1.15 bits per heavy atom. The van der Waals surface area contributed by atoms with Crippen LogP contribution < -0.4 is 4.90 Å². The van der Waals surface area contributed by atoms with Crippen LogP contribution in [0, 0.1) is 6.92 Å². The number of halogens is 3. The van der Waals surface area contributed by atoms with Crippen LogP contribution in [0.4, 0.5) is 19.0 Å². The molecule has 0 atom stereocenters. The SMILES string of the molecule is Cc1nc2c(c(N3CCC3)n1)CN(C(=O)c1cccc(C(F)(F)F)c1)C2. The summed E-state index contributed by atoms with van der Waals surface area (Å²) >= 11 is 0. The second-order valence-corrected chi connectivity index (χ2v) is 6.60. The van der Waals surface area contributed by atoms with Crippen molar-refractivity contribution in [1.82, 2.24) is 14.9 Å². The Kier molecular flexibility index (Phi) is 3.86. The van der Waals surface area contributed by atoms with Crippen molar-refractivity contribution in [3.8, 4) is 0 Å². The van der Waals surface area contributed by atoms with Gasteiger partial charge in [-0.25, -0.2) is 9.97 Å². The van der Waals surface area contributed by atoms with E-state index in [4.69, 9.17) is 0 Å². The van der Waals surface area contributed by atoms with Crippen molar-refractivity contribution >= 4 is 11.7 Å². The maximum absolute atomic E-state index is 12.9. The van der Waals surface area contributed by atoms with E-state index in [1.807, 2.05) is 0 Å². The summed E-state index contributed by atoms with van der Waals surface area (Å²) in [5, 5.41) is 0. The number of fused-ring (bicyclic) bond motifs is 1. The lowest BCUT2D eigenvalue weighted by Crippen LogP contribution is -2.38. The molecular weight excluding hydrogens is 345 g/mol. The Labute approximate surface area is 148 Å². The smallest absolute Gasteiger partial charge is 0.356 e. The molecule has 1 aromatic carbocycles. The highest BCUT2D eigenvalue weighted by molar-refractivity contribution is 5.94. The molecule has 0 N–H and O–H groups in total. The highest BCUT2D eigenvalue weighted by Crippen LogP contribution is 2.33. The van der Waals surface area contributed by atoms with Gasteiger partial charge in [-0.05, 0) is 31.5 Å². The maximum atomic E-state index is 12.9. The van der Waals surface area contributed by atoms with Gasteiger partial charge in [0.2, 0.25) is 0 Å². The fraction of sp³-hybridized carbons (Fsp3) is 0.389. The third-order valence-electron chi connectivity index (χ3n) is 4.75. The normalized spacial score (nSPS) is 16.5. The largest absolute Gasteiger partial charge is 0.416 e. The van der Waals surface area contributed by atoms with Gasteiger partial charge in [-0.15, -0.1) is 0 Å². The lowest BCUT2D eigenvalue weighted by molar-refractivity contribution is -0.137. The summed E-state index contributed by atoms with van der Waals surface area (Å²) in [5.41, 5.74) is 0.884. The van der Waals surface area contributed by atoms with Crippen LogP contribution in [-0.2, 0) is 19.3 Å². The molecule has 0 radical (unpaired) electrons. The summed E-state index contributed by atoms with van der Waals surface area (Å²) in [5.74, 6) is 1.05. The lowest BCUT2D eigenvalue weighted by atomic mass is 10.1. The number of aryl methyl sites for hydroxylation is 1. The molecule has 2 aromatic rings. The summed E-state index contributed by atoms with van der Waals surface area (Å²) in [6.07, 6.45) is -3.37. The third-order valence-corrected chi connectivity index (χ3v) is 4.75. The van der Waals surface area contributed by atoms with E-state index in [-0.39, 0.29) is 12.1 Å². The first kappa shape index (κ1) is 16.8. The van der Waals surface area contributed by atoms with E-state index in [0.717, 1.165) is 48.7 Å². The zero-order valence-corrected chi connectivity index (χ0v) is 14.2. The van der Waals surface area contributed by atoms with Crippen LogP contribution in [0.15, 0.2) is 24.3 Å². The van der Waals surface area contributed by atoms with Crippen molar-refractivity contribution in [2.24, 2.45) is 0 Å². The number of hydrogen-bond donors (Lipinski definition) is 0. The predicted molar refractivity (Wildman–Crippen MR) is 88.6 cm³/mol. The third kappa shape index (κ3) is 2.89. The Bertz CT molecular complexity index is 877. The first-order valence-corrected chi connectivity index (χ1v) is 8.41. The van der Waals surface area contributed by atoms with E-state index in [2.05, 4.69) is 14.9 Å². The van der Waals surface area contributed by atoms with Gasteiger partial charge in [-0.2, -0.15) is 13.2 Å². The van der Waals surface area contributed by atoms with Crippen LogP contribution in [0.3, 0.4) is 0 Å². The van der Waals surface area contributed by atoms with Gasteiger partial charge in [0.1, 0.15) is 11.6 Å². The van der Waals surface area contributed by atoms with Gasteiger partial charge >= 0.3 is 6.18 Å². The summed E-state index contributed by atoms with van der Waals surface area (Å²) < 4.78 is 38.7. The van der Waals surface area contributed by atoms with Gasteiger partial charge in [0.25, 0.3) is 5.91 Å². The lowest BCUT2D eigenvalue weighted by Gasteiger charge is -2.33.